The number of carbonyl (C=O) groups excluding carboxylic acids is 1. The Morgan fingerprint density at radius 2 is 1.88 bits per heavy atom. The zero-order chi connectivity index (χ0) is 12.8. The van der Waals surface area contributed by atoms with Gasteiger partial charge in [0.25, 0.3) is 0 Å². The summed E-state index contributed by atoms with van der Waals surface area (Å²) >= 11 is 0. The Kier molecular flexibility index (Phi) is 6.03. The quantitative estimate of drug-likeness (QED) is 0.603. The summed E-state index contributed by atoms with van der Waals surface area (Å²) in [6.45, 7) is 7.91. The van der Waals surface area contributed by atoms with Crippen molar-refractivity contribution in [2.75, 3.05) is 6.54 Å². The highest BCUT2D eigenvalue weighted by Crippen LogP contribution is 2.04. The lowest BCUT2D eigenvalue weighted by Gasteiger charge is -2.26. The number of rotatable bonds is 7. The minimum atomic E-state index is -0.984. The van der Waals surface area contributed by atoms with Gasteiger partial charge in [0, 0.05) is 0 Å². The molecule has 0 aromatic carbocycles. The molecule has 1 amide bonds. The normalized spacial score (nSPS) is 13.2. The first kappa shape index (κ1) is 14.9. The van der Waals surface area contributed by atoms with Crippen LogP contribution in [0.5, 0.6) is 0 Å². The third-order valence-corrected chi connectivity index (χ3v) is 2.37. The Bertz CT molecular complexity index is 252. The molecule has 0 aliphatic heterocycles. The summed E-state index contributed by atoms with van der Waals surface area (Å²) in [7, 11) is 0. The molecule has 0 fully saturated rings. The van der Waals surface area contributed by atoms with E-state index in [9.17, 15) is 9.59 Å². The zero-order valence-electron chi connectivity index (χ0n) is 10.5. The first-order valence-corrected chi connectivity index (χ1v) is 5.64. The van der Waals surface area contributed by atoms with Crippen molar-refractivity contribution in [1.82, 2.24) is 10.6 Å². The second-order valence-electron chi connectivity index (χ2n) is 4.31. The van der Waals surface area contributed by atoms with Gasteiger partial charge in [-0.2, -0.15) is 0 Å². The van der Waals surface area contributed by atoms with E-state index in [0.29, 0.717) is 13.0 Å². The molecule has 0 bridgehead atoms. The van der Waals surface area contributed by atoms with Crippen molar-refractivity contribution in [1.29, 1.82) is 0 Å². The number of likely N-dealkylation sites (N-methyl/N-ethyl adjacent to an activating group) is 1. The molecule has 1 atom stereocenters. The highest BCUT2D eigenvalue weighted by molar-refractivity contribution is 5.89. The third-order valence-electron chi connectivity index (χ3n) is 2.37. The van der Waals surface area contributed by atoms with Gasteiger partial charge in [0.2, 0.25) is 5.91 Å². The average molecular weight is 230 g/mol. The Morgan fingerprint density at radius 3 is 2.25 bits per heavy atom. The summed E-state index contributed by atoms with van der Waals surface area (Å²) < 4.78 is 0. The number of nitrogens with one attached hydrogen (secondary N) is 2. The van der Waals surface area contributed by atoms with Crippen molar-refractivity contribution in [3.8, 4) is 0 Å². The maximum atomic E-state index is 11.8. The minimum absolute atomic E-state index is 0.282. The van der Waals surface area contributed by atoms with Crippen LogP contribution in [0.3, 0.4) is 0 Å². The van der Waals surface area contributed by atoms with Crippen molar-refractivity contribution >= 4 is 11.9 Å². The Balaban J connectivity index is 4.44. The molecule has 0 saturated heterocycles. The van der Waals surface area contributed by atoms with Crippen LogP contribution in [-0.2, 0) is 9.59 Å². The predicted octanol–water partition coefficient (Wildman–Crippen LogP) is 0.744. The molecule has 3 N–H and O–H groups in total. The minimum Gasteiger partial charge on any atom is -0.480 e. The largest absolute Gasteiger partial charge is 0.480 e. The van der Waals surface area contributed by atoms with Gasteiger partial charge >= 0.3 is 5.97 Å². The molecule has 16 heavy (non-hydrogen) atoms. The molecule has 0 aromatic rings. The Hall–Kier alpha value is -1.10. The van der Waals surface area contributed by atoms with Gasteiger partial charge in [0.15, 0.2) is 0 Å². The van der Waals surface area contributed by atoms with Crippen LogP contribution in [0.15, 0.2) is 0 Å². The predicted molar refractivity (Wildman–Crippen MR) is 62.2 cm³/mol. The van der Waals surface area contributed by atoms with Gasteiger partial charge in [-0.1, -0.05) is 20.3 Å². The fourth-order valence-electron chi connectivity index (χ4n) is 1.41. The first-order chi connectivity index (χ1) is 7.35. The van der Waals surface area contributed by atoms with Crippen molar-refractivity contribution < 1.29 is 14.7 Å². The molecule has 0 aliphatic carbocycles. The summed E-state index contributed by atoms with van der Waals surface area (Å²) in [5, 5.41) is 14.5. The average Bonchev–Trinajstić information content (AvgIpc) is 2.16. The van der Waals surface area contributed by atoms with Crippen LogP contribution in [-0.4, -0.2) is 35.1 Å². The van der Waals surface area contributed by atoms with Crippen molar-refractivity contribution in [2.45, 2.75) is 52.1 Å². The van der Waals surface area contributed by atoms with Crippen LogP contribution in [0.2, 0.25) is 0 Å². The van der Waals surface area contributed by atoms with E-state index in [1.807, 2.05) is 13.8 Å². The maximum Gasteiger partial charge on any atom is 0.326 e. The van der Waals surface area contributed by atoms with Crippen LogP contribution in [0, 0.1) is 0 Å². The van der Waals surface area contributed by atoms with Crippen LogP contribution in [0.1, 0.15) is 40.5 Å². The molecule has 94 valence electrons. The molecule has 0 unspecified atom stereocenters. The van der Waals surface area contributed by atoms with Gasteiger partial charge in [-0.15, -0.1) is 0 Å². The number of carboxylic acids is 1. The molecule has 5 heteroatoms. The van der Waals surface area contributed by atoms with E-state index < -0.39 is 17.6 Å². The summed E-state index contributed by atoms with van der Waals surface area (Å²) in [5.41, 5.74) is -0.740. The highest BCUT2D eigenvalue weighted by Gasteiger charge is 2.29. The van der Waals surface area contributed by atoms with Crippen molar-refractivity contribution in [3.05, 3.63) is 0 Å². The van der Waals surface area contributed by atoms with Gasteiger partial charge in [-0.05, 0) is 26.8 Å². The van der Waals surface area contributed by atoms with Crippen LogP contribution in [0.4, 0.5) is 0 Å². The van der Waals surface area contributed by atoms with E-state index in [2.05, 4.69) is 10.6 Å². The monoisotopic (exact) mass is 230 g/mol. The van der Waals surface area contributed by atoms with Crippen LogP contribution < -0.4 is 10.6 Å². The smallest absolute Gasteiger partial charge is 0.326 e. The van der Waals surface area contributed by atoms with E-state index in [0.717, 1.165) is 6.42 Å². The molecular weight excluding hydrogens is 208 g/mol. The zero-order valence-corrected chi connectivity index (χ0v) is 10.5. The topological polar surface area (TPSA) is 78.4 Å². The standard InChI is InChI=1S/C11H22N2O3/c1-5-7-8(9(14)15)13-10(16)11(3,4)12-6-2/h8,12H,5-7H2,1-4H3,(H,13,16)(H,14,15)/t8-/m1/s1. The molecule has 5 nitrogen and oxygen atoms in total. The summed E-state index contributed by atoms with van der Waals surface area (Å²) in [6, 6.07) is -0.796. The van der Waals surface area contributed by atoms with E-state index in [-0.39, 0.29) is 5.91 Å². The van der Waals surface area contributed by atoms with E-state index in [4.69, 9.17) is 5.11 Å². The van der Waals surface area contributed by atoms with Gasteiger partial charge in [-0.25, -0.2) is 4.79 Å². The molecule has 0 radical (unpaired) electrons. The number of hydrogen-bond acceptors (Lipinski definition) is 3. The molecule has 0 heterocycles. The van der Waals surface area contributed by atoms with Crippen molar-refractivity contribution in [2.24, 2.45) is 0 Å². The molecule has 0 aromatic heterocycles. The number of amides is 1. The fourth-order valence-corrected chi connectivity index (χ4v) is 1.41. The molecular formula is C11H22N2O3. The lowest BCUT2D eigenvalue weighted by molar-refractivity contribution is -0.142. The lowest BCUT2D eigenvalue weighted by atomic mass is 10.0. The van der Waals surface area contributed by atoms with Gasteiger partial charge in [0.05, 0.1) is 5.54 Å². The van der Waals surface area contributed by atoms with E-state index >= 15 is 0 Å². The molecule has 0 aliphatic rings. The Labute approximate surface area is 96.6 Å². The Morgan fingerprint density at radius 1 is 1.31 bits per heavy atom. The second kappa shape index (κ2) is 6.48. The van der Waals surface area contributed by atoms with E-state index in [1.165, 1.54) is 0 Å². The lowest BCUT2D eigenvalue weighted by Crippen LogP contribution is -2.56. The maximum absolute atomic E-state index is 11.8. The summed E-state index contributed by atoms with van der Waals surface area (Å²) in [5.74, 6) is -1.27. The fraction of sp³-hybridized carbons (Fsp3) is 0.818. The van der Waals surface area contributed by atoms with Crippen LogP contribution in [0.25, 0.3) is 0 Å². The number of carboxylic acid groups (broad SMARTS) is 1. The second-order valence-corrected chi connectivity index (χ2v) is 4.31. The van der Waals surface area contributed by atoms with Crippen LogP contribution >= 0.6 is 0 Å². The van der Waals surface area contributed by atoms with Gasteiger partial charge in [0.1, 0.15) is 6.04 Å². The van der Waals surface area contributed by atoms with E-state index in [1.54, 1.807) is 13.8 Å². The number of aliphatic carboxylic acids is 1. The highest BCUT2D eigenvalue weighted by atomic mass is 16.4. The number of carbonyl (C=O) groups is 2. The van der Waals surface area contributed by atoms with Gasteiger partial charge < -0.3 is 15.7 Å². The summed E-state index contributed by atoms with van der Waals surface area (Å²) in [6.07, 6.45) is 1.17. The SMILES string of the molecule is CCC[C@@H](NC(=O)C(C)(C)NCC)C(=O)O. The van der Waals surface area contributed by atoms with Crippen molar-refractivity contribution in [3.63, 3.8) is 0 Å². The first-order valence-electron chi connectivity index (χ1n) is 5.64. The summed E-state index contributed by atoms with van der Waals surface area (Å²) in [4.78, 5) is 22.7. The number of hydrogen-bond donors (Lipinski definition) is 3. The molecule has 0 spiro atoms. The molecule has 0 rings (SSSR count). The third kappa shape index (κ3) is 4.61. The van der Waals surface area contributed by atoms with Gasteiger partial charge in [-0.3, -0.25) is 4.79 Å². The molecule has 0 saturated carbocycles.